The number of likely N-dealkylation sites (tertiary alicyclic amines) is 1. The number of ether oxygens (including phenoxy) is 2. The highest BCUT2D eigenvalue weighted by Gasteiger charge is 2.48. The predicted molar refractivity (Wildman–Crippen MR) is 98.3 cm³/mol. The van der Waals surface area contributed by atoms with Gasteiger partial charge in [-0.15, -0.1) is 0 Å². The summed E-state index contributed by atoms with van der Waals surface area (Å²) in [5.41, 5.74) is 0.996. The lowest BCUT2D eigenvalue weighted by atomic mass is 9.84. The Morgan fingerprint density at radius 3 is 2.52 bits per heavy atom. The molecule has 0 bridgehead atoms. The first-order chi connectivity index (χ1) is 11.9. The van der Waals surface area contributed by atoms with Crippen LogP contribution in [0.1, 0.15) is 58.4 Å². The van der Waals surface area contributed by atoms with E-state index >= 15 is 0 Å². The van der Waals surface area contributed by atoms with Gasteiger partial charge in [-0.2, -0.15) is 0 Å². The average Bonchev–Trinajstić information content (AvgIpc) is 3.14. The SMILES string of the molecule is CC(C)(C)OC(=O)N1CC2(CCCC2)CC1COCc1ccccc1. The molecule has 1 unspecified atom stereocenters. The van der Waals surface area contributed by atoms with E-state index in [0.717, 1.165) is 13.0 Å². The molecule has 1 saturated carbocycles. The average molecular weight is 345 g/mol. The van der Waals surface area contributed by atoms with Crippen LogP contribution in [-0.4, -0.2) is 35.8 Å². The summed E-state index contributed by atoms with van der Waals surface area (Å²) in [5, 5.41) is 0. The van der Waals surface area contributed by atoms with E-state index in [2.05, 4.69) is 12.1 Å². The molecular weight excluding hydrogens is 314 g/mol. The number of hydrogen-bond acceptors (Lipinski definition) is 3. The van der Waals surface area contributed by atoms with E-state index in [9.17, 15) is 4.79 Å². The summed E-state index contributed by atoms with van der Waals surface area (Å²) in [4.78, 5) is 14.6. The minimum Gasteiger partial charge on any atom is -0.444 e. The van der Waals surface area contributed by atoms with Crippen LogP contribution in [0.4, 0.5) is 4.79 Å². The molecule has 2 aliphatic rings. The molecule has 0 aromatic heterocycles. The molecule has 138 valence electrons. The van der Waals surface area contributed by atoms with E-state index in [1.54, 1.807) is 0 Å². The normalized spacial score (nSPS) is 22.5. The van der Waals surface area contributed by atoms with Crippen molar-refractivity contribution >= 4 is 6.09 Å². The van der Waals surface area contributed by atoms with Gasteiger partial charge in [0, 0.05) is 6.54 Å². The maximum Gasteiger partial charge on any atom is 0.410 e. The molecule has 1 amide bonds. The summed E-state index contributed by atoms with van der Waals surface area (Å²) in [5.74, 6) is 0. The van der Waals surface area contributed by atoms with Crippen molar-refractivity contribution in [2.45, 2.75) is 71.1 Å². The lowest BCUT2D eigenvalue weighted by molar-refractivity contribution is 0.00822. The van der Waals surface area contributed by atoms with Gasteiger partial charge in [0.25, 0.3) is 0 Å². The van der Waals surface area contributed by atoms with Crippen molar-refractivity contribution in [1.29, 1.82) is 0 Å². The van der Waals surface area contributed by atoms with E-state index < -0.39 is 5.60 Å². The van der Waals surface area contributed by atoms with Gasteiger partial charge in [-0.05, 0) is 51.0 Å². The first-order valence-corrected chi connectivity index (χ1v) is 9.48. The van der Waals surface area contributed by atoms with E-state index in [1.807, 2.05) is 43.9 Å². The van der Waals surface area contributed by atoms with Crippen LogP contribution >= 0.6 is 0 Å². The fourth-order valence-corrected chi connectivity index (χ4v) is 4.22. The van der Waals surface area contributed by atoms with Crippen LogP contribution in [0.2, 0.25) is 0 Å². The molecule has 4 heteroatoms. The summed E-state index contributed by atoms with van der Waals surface area (Å²) in [6.07, 6.45) is 5.85. The first kappa shape index (κ1) is 18.2. The highest BCUT2D eigenvalue weighted by Crippen LogP contribution is 2.48. The summed E-state index contributed by atoms with van der Waals surface area (Å²) >= 11 is 0. The zero-order chi connectivity index (χ0) is 17.9. The Morgan fingerprint density at radius 1 is 1.20 bits per heavy atom. The van der Waals surface area contributed by atoms with Crippen molar-refractivity contribution in [3.05, 3.63) is 35.9 Å². The largest absolute Gasteiger partial charge is 0.444 e. The van der Waals surface area contributed by atoms with Crippen LogP contribution in [-0.2, 0) is 16.1 Å². The van der Waals surface area contributed by atoms with Gasteiger partial charge in [0.2, 0.25) is 0 Å². The number of nitrogens with zero attached hydrogens (tertiary/aromatic N) is 1. The van der Waals surface area contributed by atoms with Crippen LogP contribution in [0.5, 0.6) is 0 Å². The maximum atomic E-state index is 12.7. The molecular formula is C21H31NO3. The van der Waals surface area contributed by atoms with Crippen molar-refractivity contribution in [2.75, 3.05) is 13.2 Å². The Morgan fingerprint density at radius 2 is 1.88 bits per heavy atom. The Kier molecular flexibility index (Phi) is 5.38. The second-order valence-corrected chi connectivity index (χ2v) is 8.67. The lowest BCUT2D eigenvalue weighted by Gasteiger charge is -2.29. The summed E-state index contributed by atoms with van der Waals surface area (Å²) in [6, 6.07) is 10.3. The van der Waals surface area contributed by atoms with Crippen molar-refractivity contribution in [3.8, 4) is 0 Å². The van der Waals surface area contributed by atoms with Crippen LogP contribution in [0.15, 0.2) is 30.3 Å². The monoisotopic (exact) mass is 345 g/mol. The van der Waals surface area contributed by atoms with Gasteiger partial charge in [0.05, 0.1) is 19.3 Å². The topological polar surface area (TPSA) is 38.8 Å². The molecule has 1 aliphatic carbocycles. The number of benzene rings is 1. The zero-order valence-corrected chi connectivity index (χ0v) is 15.8. The zero-order valence-electron chi connectivity index (χ0n) is 15.8. The van der Waals surface area contributed by atoms with Crippen LogP contribution in [0.3, 0.4) is 0 Å². The molecule has 4 nitrogen and oxygen atoms in total. The van der Waals surface area contributed by atoms with E-state index in [4.69, 9.17) is 9.47 Å². The first-order valence-electron chi connectivity index (χ1n) is 9.48. The lowest BCUT2D eigenvalue weighted by Crippen LogP contribution is -2.42. The predicted octanol–water partition coefficient (Wildman–Crippen LogP) is 4.77. The van der Waals surface area contributed by atoms with Crippen molar-refractivity contribution < 1.29 is 14.3 Å². The summed E-state index contributed by atoms with van der Waals surface area (Å²) in [7, 11) is 0. The summed E-state index contributed by atoms with van der Waals surface area (Å²) < 4.78 is 11.6. The number of hydrogen-bond donors (Lipinski definition) is 0. The molecule has 1 aromatic rings. The van der Waals surface area contributed by atoms with E-state index in [1.165, 1.54) is 31.2 Å². The Labute approximate surface area is 151 Å². The second kappa shape index (κ2) is 7.36. The number of carbonyl (C=O) groups is 1. The fourth-order valence-electron chi connectivity index (χ4n) is 4.22. The number of amides is 1. The van der Waals surface area contributed by atoms with Crippen molar-refractivity contribution in [3.63, 3.8) is 0 Å². The molecule has 1 aliphatic heterocycles. The minimum atomic E-state index is -0.460. The Bertz CT molecular complexity index is 573. The van der Waals surface area contributed by atoms with Crippen LogP contribution in [0.25, 0.3) is 0 Å². The van der Waals surface area contributed by atoms with E-state index in [-0.39, 0.29) is 17.6 Å². The molecule has 25 heavy (non-hydrogen) atoms. The van der Waals surface area contributed by atoms with Crippen LogP contribution in [0, 0.1) is 5.41 Å². The van der Waals surface area contributed by atoms with Gasteiger partial charge in [0.1, 0.15) is 5.60 Å². The molecule has 1 saturated heterocycles. The van der Waals surface area contributed by atoms with Crippen molar-refractivity contribution in [1.82, 2.24) is 4.90 Å². The van der Waals surface area contributed by atoms with Gasteiger partial charge < -0.3 is 14.4 Å². The molecule has 1 aromatic carbocycles. The Hall–Kier alpha value is -1.55. The van der Waals surface area contributed by atoms with Crippen LogP contribution < -0.4 is 0 Å². The smallest absolute Gasteiger partial charge is 0.410 e. The molecule has 0 N–H and O–H groups in total. The molecule has 1 heterocycles. The van der Waals surface area contributed by atoms with Gasteiger partial charge in [0.15, 0.2) is 0 Å². The van der Waals surface area contributed by atoms with Gasteiger partial charge in [-0.1, -0.05) is 43.2 Å². The third-order valence-electron chi connectivity index (χ3n) is 5.33. The highest BCUT2D eigenvalue weighted by molar-refractivity contribution is 5.69. The molecule has 0 radical (unpaired) electrons. The Balaban J connectivity index is 1.62. The fraction of sp³-hybridized carbons (Fsp3) is 0.667. The molecule has 2 fully saturated rings. The van der Waals surface area contributed by atoms with Crippen molar-refractivity contribution in [2.24, 2.45) is 5.41 Å². The second-order valence-electron chi connectivity index (χ2n) is 8.67. The number of rotatable bonds is 4. The van der Waals surface area contributed by atoms with Gasteiger partial charge in [-0.3, -0.25) is 0 Å². The standard InChI is InChI=1S/C21H31NO3/c1-20(2,3)25-19(23)22-16-21(11-7-8-12-21)13-18(22)15-24-14-17-9-5-4-6-10-17/h4-6,9-10,18H,7-8,11-16H2,1-3H3. The number of carbonyl (C=O) groups excluding carboxylic acids is 1. The quantitative estimate of drug-likeness (QED) is 0.789. The summed E-state index contributed by atoms with van der Waals surface area (Å²) in [6.45, 7) is 7.76. The third-order valence-corrected chi connectivity index (χ3v) is 5.33. The maximum absolute atomic E-state index is 12.7. The minimum absolute atomic E-state index is 0.122. The van der Waals surface area contributed by atoms with Gasteiger partial charge >= 0.3 is 6.09 Å². The molecule has 1 spiro atoms. The van der Waals surface area contributed by atoms with Gasteiger partial charge in [-0.25, -0.2) is 4.79 Å². The molecule has 1 atom stereocenters. The third kappa shape index (κ3) is 4.75. The van der Waals surface area contributed by atoms with E-state index in [0.29, 0.717) is 13.2 Å². The molecule has 3 rings (SSSR count). The highest BCUT2D eigenvalue weighted by atomic mass is 16.6.